The fraction of sp³-hybridized carbons (Fsp3) is 0.647. The second-order valence-electron chi connectivity index (χ2n) is 5.91. The largest absolute Gasteiger partial charge is 1.00 e. The molecule has 1 saturated heterocycles. The van der Waals surface area contributed by atoms with Gasteiger partial charge in [-0.2, -0.15) is 0 Å². The molecule has 7 heteroatoms. The van der Waals surface area contributed by atoms with Gasteiger partial charge in [0, 0.05) is 31.6 Å². The predicted octanol–water partition coefficient (Wildman–Crippen LogP) is 0.856. The second kappa shape index (κ2) is 11.0. The number of ether oxygens (including phenoxy) is 1. The normalized spacial score (nSPS) is 23.5. The summed E-state index contributed by atoms with van der Waals surface area (Å²) in [7, 11) is 0. The summed E-state index contributed by atoms with van der Waals surface area (Å²) in [6.07, 6.45) is 5.05. The standard InChI is InChI=1S/C17H24ClNO4.Li.H/c1-2-14(19-23-7-3-6-18)17-15(20)10-13(11-16(17)21)12-4-8-22-9-5-12;;/h3,6,12-13,20H,2,4-5,7-11H2,1H3;;/q;+1;-1. The van der Waals surface area contributed by atoms with E-state index >= 15 is 0 Å². The van der Waals surface area contributed by atoms with Crippen LogP contribution in [0.4, 0.5) is 0 Å². The predicted molar refractivity (Wildman–Crippen MR) is 90.7 cm³/mol. The van der Waals surface area contributed by atoms with Crippen molar-refractivity contribution >= 4 is 23.1 Å². The quantitative estimate of drug-likeness (QED) is 0.334. The van der Waals surface area contributed by atoms with E-state index in [1.807, 2.05) is 6.92 Å². The van der Waals surface area contributed by atoms with Crippen molar-refractivity contribution in [2.45, 2.75) is 39.0 Å². The Kier molecular flexibility index (Phi) is 9.76. The summed E-state index contributed by atoms with van der Waals surface area (Å²) in [4.78, 5) is 17.6. The van der Waals surface area contributed by atoms with E-state index in [-0.39, 0.29) is 44.4 Å². The molecule has 1 N–H and O–H groups in total. The maximum absolute atomic E-state index is 12.5. The zero-order valence-electron chi connectivity index (χ0n) is 15.5. The summed E-state index contributed by atoms with van der Waals surface area (Å²) >= 11 is 5.41. The molecule has 1 fully saturated rings. The molecular weight excluding hydrogens is 325 g/mol. The number of hydrogen-bond acceptors (Lipinski definition) is 5. The van der Waals surface area contributed by atoms with Crippen molar-refractivity contribution in [3.63, 3.8) is 0 Å². The van der Waals surface area contributed by atoms with E-state index < -0.39 is 0 Å². The monoisotopic (exact) mass is 349 g/mol. The maximum Gasteiger partial charge on any atom is 1.00 e. The number of aliphatic hydroxyl groups is 1. The van der Waals surface area contributed by atoms with E-state index in [4.69, 9.17) is 21.2 Å². The number of halogens is 1. The number of aliphatic hydroxyl groups excluding tert-OH is 1. The zero-order valence-corrected chi connectivity index (χ0v) is 15.2. The molecule has 1 heterocycles. The van der Waals surface area contributed by atoms with Gasteiger partial charge in [0.05, 0.1) is 11.3 Å². The maximum atomic E-state index is 12.5. The second-order valence-corrected chi connectivity index (χ2v) is 6.16. The molecule has 0 radical (unpaired) electrons. The Morgan fingerprint density at radius 3 is 2.71 bits per heavy atom. The molecule has 1 aliphatic carbocycles. The molecule has 1 atom stereocenters. The van der Waals surface area contributed by atoms with Crippen LogP contribution in [-0.2, 0) is 14.4 Å². The smallest absolute Gasteiger partial charge is 1.00 e. The van der Waals surface area contributed by atoms with Gasteiger partial charge in [0.2, 0.25) is 0 Å². The van der Waals surface area contributed by atoms with Crippen LogP contribution in [0.2, 0.25) is 0 Å². The average molecular weight is 350 g/mol. The zero-order chi connectivity index (χ0) is 16.7. The van der Waals surface area contributed by atoms with Crippen molar-refractivity contribution in [1.29, 1.82) is 0 Å². The molecule has 0 bridgehead atoms. The van der Waals surface area contributed by atoms with Crippen molar-refractivity contribution in [3.8, 4) is 0 Å². The van der Waals surface area contributed by atoms with Gasteiger partial charge in [-0.05, 0) is 37.2 Å². The van der Waals surface area contributed by atoms with Crippen molar-refractivity contribution in [2.75, 3.05) is 19.8 Å². The van der Waals surface area contributed by atoms with Crippen LogP contribution in [0.3, 0.4) is 0 Å². The van der Waals surface area contributed by atoms with Crippen molar-refractivity contribution in [3.05, 3.63) is 22.9 Å². The molecule has 24 heavy (non-hydrogen) atoms. The first-order valence-corrected chi connectivity index (χ1v) is 8.58. The number of rotatable bonds is 6. The average Bonchev–Trinajstić information content (AvgIpc) is 2.57. The number of ketones is 1. The van der Waals surface area contributed by atoms with Crippen LogP contribution in [0, 0.1) is 11.8 Å². The van der Waals surface area contributed by atoms with Crippen LogP contribution in [-0.4, -0.2) is 36.4 Å². The minimum atomic E-state index is -0.0395. The number of hydrogen-bond donors (Lipinski definition) is 1. The summed E-state index contributed by atoms with van der Waals surface area (Å²) in [5, 5.41) is 14.4. The van der Waals surface area contributed by atoms with Crippen LogP contribution < -0.4 is 18.9 Å². The molecule has 0 aromatic heterocycles. The number of allylic oxidation sites excluding steroid dienone is 2. The van der Waals surface area contributed by atoms with Gasteiger partial charge in [0.15, 0.2) is 5.78 Å². The van der Waals surface area contributed by atoms with Gasteiger partial charge in [-0.25, -0.2) is 0 Å². The van der Waals surface area contributed by atoms with Gasteiger partial charge >= 0.3 is 18.9 Å². The fourth-order valence-corrected chi connectivity index (χ4v) is 3.33. The summed E-state index contributed by atoms with van der Waals surface area (Å²) in [6, 6.07) is 0. The molecule has 1 unspecified atom stereocenters. The van der Waals surface area contributed by atoms with Crippen LogP contribution in [0.5, 0.6) is 0 Å². The Morgan fingerprint density at radius 1 is 1.42 bits per heavy atom. The summed E-state index contributed by atoms with van der Waals surface area (Å²) in [5.41, 5.74) is 2.19. The fourth-order valence-electron chi connectivity index (χ4n) is 3.25. The molecule has 0 amide bonds. The minimum Gasteiger partial charge on any atom is -1.00 e. The molecule has 0 aromatic rings. The number of carbonyl (C=O) groups is 1. The van der Waals surface area contributed by atoms with Gasteiger partial charge in [-0.1, -0.05) is 23.7 Å². The molecular formula is C17H25ClLiNO4. The van der Waals surface area contributed by atoms with E-state index in [0.717, 1.165) is 26.1 Å². The third-order valence-corrected chi connectivity index (χ3v) is 4.64. The number of nitrogens with zero attached hydrogens (tertiary/aromatic N) is 1. The summed E-state index contributed by atoms with van der Waals surface area (Å²) < 4.78 is 5.38. The van der Waals surface area contributed by atoms with Gasteiger partial charge < -0.3 is 16.1 Å². The third kappa shape index (κ3) is 5.67. The molecule has 0 spiro atoms. The molecule has 130 valence electrons. The Labute approximate surface area is 161 Å². The van der Waals surface area contributed by atoms with Crippen molar-refractivity contribution in [1.82, 2.24) is 0 Å². The van der Waals surface area contributed by atoms with E-state index in [1.54, 1.807) is 6.08 Å². The SMILES string of the molecule is CCC(=NOCC=CCl)C1=C(O)CC(C2CCOCC2)CC1=O.[H-].[Li+]. The van der Waals surface area contributed by atoms with Crippen LogP contribution in [0.15, 0.2) is 28.1 Å². The van der Waals surface area contributed by atoms with E-state index in [1.165, 1.54) is 5.54 Å². The third-order valence-electron chi connectivity index (χ3n) is 4.46. The molecule has 0 aromatic carbocycles. The van der Waals surface area contributed by atoms with Crippen molar-refractivity contribution in [2.24, 2.45) is 17.0 Å². The number of oxime groups is 1. The molecule has 2 rings (SSSR count). The van der Waals surface area contributed by atoms with Crippen LogP contribution in [0.1, 0.15) is 40.5 Å². The Hall–Kier alpha value is -0.733. The van der Waals surface area contributed by atoms with Crippen LogP contribution >= 0.6 is 11.6 Å². The molecule has 0 saturated carbocycles. The Balaban J connectivity index is 0.00000288. The summed E-state index contributed by atoms with van der Waals surface area (Å²) in [6.45, 7) is 3.62. The molecule has 2 aliphatic rings. The first-order chi connectivity index (χ1) is 11.2. The Bertz CT molecular complexity index is 519. The summed E-state index contributed by atoms with van der Waals surface area (Å²) in [5.74, 6) is 0.758. The first kappa shape index (κ1) is 21.3. The van der Waals surface area contributed by atoms with Gasteiger partial charge in [0.1, 0.15) is 12.4 Å². The van der Waals surface area contributed by atoms with Gasteiger partial charge in [0.25, 0.3) is 0 Å². The van der Waals surface area contributed by atoms with Gasteiger partial charge in [-0.15, -0.1) is 0 Å². The van der Waals surface area contributed by atoms with E-state index in [2.05, 4.69) is 5.16 Å². The van der Waals surface area contributed by atoms with Crippen LogP contribution in [0.25, 0.3) is 0 Å². The van der Waals surface area contributed by atoms with E-state index in [0.29, 0.717) is 36.5 Å². The Morgan fingerprint density at radius 2 is 2.12 bits per heavy atom. The van der Waals surface area contributed by atoms with Crippen molar-refractivity contribution < 1.29 is 39.8 Å². The first-order valence-electron chi connectivity index (χ1n) is 8.14. The number of carbonyl (C=O) groups excluding carboxylic acids is 1. The molecule has 1 aliphatic heterocycles. The molecule has 5 nitrogen and oxygen atoms in total. The van der Waals surface area contributed by atoms with Gasteiger partial charge in [-0.3, -0.25) is 4.79 Å². The number of Topliss-reactive ketones (excluding diaryl/α,β-unsaturated/α-hetero) is 1. The minimum absolute atomic E-state index is 0. The van der Waals surface area contributed by atoms with E-state index in [9.17, 15) is 9.90 Å². The topological polar surface area (TPSA) is 68.1 Å².